The average Bonchev–Trinajstić information content (AvgIpc) is 2.47. The molecule has 116 valence electrons. The SMILES string of the molecule is CC1CCC(CNC(=O)CC(C)c2ccc(N)cc2)CC1. The molecular formula is C18H28N2O. The zero-order valence-corrected chi connectivity index (χ0v) is 13.3. The van der Waals surface area contributed by atoms with Gasteiger partial charge < -0.3 is 11.1 Å². The molecule has 1 saturated carbocycles. The van der Waals surface area contributed by atoms with Gasteiger partial charge in [-0.2, -0.15) is 0 Å². The molecule has 3 N–H and O–H groups in total. The molecule has 3 heteroatoms. The summed E-state index contributed by atoms with van der Waals surface area (Å²) in [4.78, 5) is 12.1. The Morgan fingerprint density at radius 3 is 2.48 bits per heavy atom. The van der Waals surface area contributed by atoms with E-state index in [-0.39, 0.29) is 11.8 Å². The minimum absolute atomic E-state index is 0.165. The predicted molar refractivity (Wildman–Crippen MR) is 88.0 cm³/mol. The van der Waals surface area contributed by atoms with Gasteiger partial charge in [0.05, 0.1) is 0 Å². The van der Waals surface area contributed by atoms with Gasteiger partial charge in [-0.05, 0) is 48.3 Å². The van der Waals surface area contributed by atoms with Crippen LogP contribution in [0.3, 0.4) is 0 Å². The molecule has 1 amide bonds. The summed E-state index contributed by atoms with van der Waals surface area (Å²) in [5, 5.41) is 3.12. The first-order valence-corrected chi connectivity index (χ1v) is 8.16. The number of nitrogens with one attached hydrogen (secondary N) is 1. The summed E-state index contributed by atoms with van der Waals surface area (Å²) in [5.41, 5.74) is 7.63. The Bertz CT molecular complexity index is 447. The number of amides is 1. The summed E-state index contributed by atoms with van der Waals surface area (Å²) in [7, 11) is 0. The molecule has 1 fully saturated rings. The molecule has 0 bridgehead atoms. The van der Waals surface area contributed by atoms with Crippen LogP contribution < -0.4 is 11.1 Å². The van der Waals surface area contributed by atoms with Gasteiger partial charge >= 0.3 is 0 Å². The van der Waals surface area contributed by atoms with Crippen LogP contribution in [-0.2, 0) is 4.79 Å². The van der Waals surface area contributed by atoms with E-state index in [2.05, 4.69) is 19.2 Å². The highest BCUT2D eigenvalue weighted by atomic mass is 16.1. The lowest BCUT2D eigenvalue weighted by atomic mass is 9.83. The van der Waals surface area contributed by atoms with E-state index in [0.29, 0.717) is 12.3 Å². The molecule has 3 nitrogen and oxygen atoms in total. The molecule has 0 saturated heterocycles. The third-order valence-corrected chi connectivity index (χ3v) is 4.72. The summed E-state index contributed by atoms with van der Waals surface area (Å²) in [6, 6.07) is 7.81. The van der Waals surface area contributed by atoms with Crippen LogP contribution in [0, 0.1) is 11.8 Å². The zero-order valence-electron chi connectivity index (χ0n) is 13.3. The van der Waals surface area contributed by atoms with Gasteiger partial charge in [-0.15, -0.1) is 0 Å². The van der Waals surface area contributed by atoms with Gasteiger partial charge in [0.15, 0.2) is 0 Å². The smallest absolute Gasteiger partial charge is 0.220 e. The highest BCUT2D eigenvalue weighted by Crippen LogP contribution is 2.27. The summed E-state index contributed by atoms with van der Waals surface area (Å²) in [5.74, 6) is 1.94. The van der Waals surface area contributed by atoms with Crippen molar-refractivity contribution in [1.82, 2.24) is 5.32 Å². The van der Waals surface area contributed by atoms with Gasteiger partial charge in [0.2, 0.25) is 5.91 Å². The van der Waals surface area contributed by atoms with Crippen LogP contribution in [0.5, 0.6) is 0 Å². The maximum absolute atomic E-state index is 12.1. The standard InChI is InChI=1S/C18H28N2O/c1-13-3-5-15(6-4-13)12-20-18(21)11-14(2)16-7-9-17(19)10-8-16/h7-10,13-15H,3-6,11-12,19H2,1-2H3,(H,20,21). The molecule has 21 heavy (non-hydrogen) atoms. The molecule has 1 aliphatic carbocycles. The summed E-state index contributed by atoms with van der Waals surface area (Å²) in [6.45, 7) is 5.26. The highest BCUT2D eigenvalue weighted by Gasteiger charge is 2.19. The number of carbonyl (C=O) groups is 1. The maximum Gasteiger partial charge on any atom is 0.220 e. The summed E-state index contributed by atoms with van der Waals surface area (Å²) in [6.07, 6.45) is 5.68. The van der Waals surface area contributed by atoms with E-state index < -0.39 is 0 Å². The fourth-order valence-corrected chi connectivity index (χ4v) is 3.08. The van der Waals surface area contributed by atoms with Crippen molar-refractivity contribution in [3.8, 4) is 0 Å². The number of carbonyl (C=O) groups excluding carboxylic acids is 1. The number of rotatable bonds is 5. The third-order valence-electron chi connectivity index (χ3n) is 4.72. The number of benzene rings is 1. The van der Waals surface area contributed by atoms with Gasteiger partial charge in [-0.25, -0.2) is 0 Å². The van der Waals surface area contributed by atoms with Crippen LogP contribution in [0.15, 0.2) is 24.3 Å². The Balaban J connectivity index is 1.72. The second kappa shape index (κ2) is 7.48. The van der Waals surface area contributed by atoms with E-state index in [1.165, 1.54) is 31.2 Å². The molecule has 0 aromatic heterocycles. The Labute approximate surface area is 128 Å². The van der Waals surface area contributed by atoms with E-state index in [1.807, 2.05) is 24.3 Å². The summed E-state index contributed by atoms with van der Waals surface area (Å²) >= 11 is 0. The van der Waals surface area contributed by atoms with Crippen LogP contribution in [0.4, 0.5) is 5.69 Å². The number of nitrogen functional groups attached to an aromatic ring is 1. The molecule has 0 radical (unpaired) electrons. The first-order chi connectivity index (χ1) is 10.0. The van der Waals surface area contributed by atoms with Gasteiger partial charge in [0, 0.05) is 18.7 Å². The first-order valence-electron chi connectivity index (χ1n) is 8.16. The fourth-order valence-electron chi connectivity index (χ4n) is 3.08. The fraction of sp³-hybridized carbons (Fsp3) is 0.611. The number of anilines is 1. The second-order valence-corrected chi connectivity index (χ2v) is 6.70. The van der Waals surface area contributed by atoms with Crippen LogP contribution in [0.25, 0.3) is 0 Å². The predicted octanol–water partition coefficient (Wildman–Crippen LogP) is 3.70. The lowest BCUT2D eigenvalue weighted by Crippen LogP contribution is -2.31. The molecule has 0 spiro atoms. The van der Waals surface area contributed by atoms with Crippen molar-refractivity contribution in [2.75, 3.05) is 12.3 Å². The second-order valence-electron chi connectivity index (χ2n) is 6.70. The largest absolute Gasteiger partial charge is 0.399 e. The van der Waals surface area contributed by atoms with Gasteiger partial charge in [-0.1, -0.05) is 38.8 Å². The van der Waals surface area contributed by atoms with Gasteiger partial charge in [0.25, 0.3) is 0 Å². The Kier molecular flexibility index (Phi) is 5.66. The molecule has 1 aliphatic rings. The number of nitrogens with two attached hydrogens (primary N) is 1. The normalized spacial score (nSPS) is 23.5. The van der Waals surface area contributed by atoms with Crippen LogP contribution in [0.1, 0.15) is 57.4 Å². The van der Waals surface area contributed by atoms with E-state index in [9.17, 15) is 4.79 Å². The first kappa shape index (κ1) is 15.9. The Hall–Kier alpha value is -1.51. The van der Waals surface area contributed by atoms with Crippen molar-refractivity contribution >= 4 is 11.6 Å². The van der Waals surface area contributed by atoms with E-state index in [4.69, 9.17) is 5.73 Å². The van der Waals surface area contributed by atoms with E-state index in [0.717, 1.165) is 18.2 Å². The molecule has 0 heterocycles. The lowest BCUT2D eigenvalue weighted by Gasteiger charge is -2.26. The molecule has 2 rings (SSSR count). The molecule has 1 aromatic rings. The van der Waals surface area contributed by atoms with Crippen LogP contribution >= 0.6 is 0 Å². The van der Waals surface area contributed by atoms with Crippen molar-refractivity contribution in [1.29, 1.82) is 0 Å². The zero-order chi connectivity index (χ0) is 15.2. The molecule has 1 atom stereocenters. The van der Waals surface area contributed by atoms with Gasteiger partial charge in [-0.3, -0.25) is 4.79 Å². The minimum Gasteiger partial charge on any atom is -0.399 e. The third kappa shape index (κ3) is 5.07. The Morgan fingerprint density at radius 1 is 1.24 bits per heavy atom. The van der Waals surface area contributed by atoms with Crippen molar-refractivity contribution in [2.24, 2.45) is 11.8 Å². The average molecular weight is 288 g/mol. The van der Waals surface area contributed by atoms with Gasteiger partial charge in [0.1, 0.15) is 0 Å². The minimum atomic E-state index is 0.165. The summed E-state index contributed by atoms with van der Waals surface area (Å²) < 4.78 is 0. The molecular weight excluding hydrogens is 260 g/mol. The van der Waals surface area contributed by atoms with Crippen LogP contribution in [-0.4, -0.2) is 12.5 Å². The van der Waals surface area contributed by atoms with Crippen molar-refractivity contribution in [2.45, 2.75) is 51.9 Å². The number of hydrogen-bond donors (Lipinski definition) is 2. The van der Waals surface area contributed by atoms with E-state index >= 15 is 0 Å². The topological polar surface area (TPSA) is 55.1 Å². The maximum atomic E-state index is 12.1. The monoisotopic (exact) mass is 288 g/mol. The molecule has 1 aromatic carbocycles. The Morgan fingerprint density at radius 2 is 1.86 bits per heavy atom. The quantitative estimate of drug-likeness (QED) is 0.812. The van der Waals surface area contributed by atoms with Crippen molar-refractivity contribution in [3.63, 3.8) is 0 Å². The molecule has 0 aliphatic heterocycles. The van der Waals surface area contributed by atoms with E-state index in [1.54, 1.807) is 0 Å². The lowest BCUT2D eigenvalue weighted by molar-refractivity contribution is -0.121. The van der Waals surface area contributed by atoms with Crippen molar-refractivity contribution in [3.05, 3.63) is 29.8 Å². The van der Waals surface area contributed by atoms with Crippen molar-refractivity contribution < 1.29 is 4.79 Å². The van der Waals surface area contributed by atoms with Crippen LogP contribution in [0.2, 0.25) is 0 Å². The number of hydrogen-bond acceptors (Lipinski definition) is 2. The molecule has 1 unspecified atom stereocenters. The highest BCUT2D eigenvalue weighted by molar-refractivity contribution is 5.76.